The molecular formula is C13H16O6. The molecule has 2 atom stereocenters. The number of esters is 1. The van der Waals surface area contributed by atoms with Crippen molar-refractivity contribution < 1.29 is 29.3 Å². The number of aliphatic hydroxyl groups excluding tert-OH is 2. The van der Waals surface area contributed by atoms with Gasteiger partial charge in [0.15, 0.2) is 12.4 Å². The molecule has 1 rings (SSSR count). The van der Waals surface area contributed by atoms with Gasteiger partial charge in [-0.15, -0.1) is 0 Å². The van der Waals surface area contributed by atoms with Gasteiger partial charge in [-0.3, -0.25) is 4.79 Å². The molecule has 0 bridgehead atoms. The van der Waals surface area contributed by atoms with Crippen LogP contribution in [0, 0.1) is 0 Å². The molecule has 0 aliphatic rings. The van der Waals surface area contributed by atoms with Crippen LogP contribution in [0.2, 0.25) is 0 Å². The smallest absolute Gasteiger partial charge is 0.338 e. The van der Waals surface area contributed by atoms with Gasteiger partial charge in [-0.1, -0.05) is 6.07 Å². The van der Waals surface area contributed by atoms with Crippen molar-refractivity contribution in [3.8, 4) is 5.75 Å². The number of carbonyl (C=O) groups excluding carboxylic acids is 2. The van der Waals surface area contributed by atoms with Crippen molar-refractivity contribution in [2.45, 2.75) is 19.1 Å². The number of ether oxygens (including phenoxy) is 2. The lowest BCUT2D eigenvalue weighted by molar-refractivity contribution is -0.159. The van der Waals surface area contributed by atoms with Crippen molar-refractivity contribution >= 4 is 12.3 Å². The molecule has 104 valence electrons. The zero-order valence-corrected chi connectivity index (χ0v) is 10.7. The van der Waals surface area contributed by atoms with E-state index in [2.05, 4.69) is 4.74 Å². The third-order valence-electron chi connectivity index (χ3n) is 2.57. The number of carbonyl (C=O) groups is 2. The molecule has 0 spiro atoms. The number of hydrogen-bond donors (Lipinski definition) is 2. The van der Waals surface area contributed by atoms with Crippen LogP contribution < -0.4 is 4.74 Å². The average Bonchev–Trinajstić information content (AvgIpc) is 2.45. The Morgan fingerprint density at radius 3 is 2.63 bits per heavy atom. The van der Waals surface area contributed by atoms with E-state index in [1.54, 1.807) is 6.92 Å². The van der Waals surface area contributed by atoms with E-state index in [9.17, 15) is 19.8 Å². The van der Waals surface area contributed by atoms with Crippen LogP contribution in [0.4, 0.5) is 0 Å². The van der Waals surface area contributed by atoms with Crippen LogP contribution in [0.15, 0.2) is 18.2 Å². The second kappa shape index (κ2) is 6.86. The Hall–Kier alpha value is -1.92. The summed E-state index contributed by atoms with van der Waals surface area (Å²) in [6.45, 7) is 1.67. The summed E-state index contributed by atoms with van der Waals surface area (Å²) in [5.74, 6) is -0.508. The minimum atomic E-state index is -1.74. The highest BCUT2D eigenvalue weighted by atomic mass is 16.5. The van der Waals surface area contributed by atoms with E-state index >= 15 is 0 Å². The number of hydrogen-bond acceptors (Lipinski definition) is 6. The molecule has 6 nitrogen and oxygen atoms in total. The van der Waals surface area contributed by atoms with E-state index in [1.807, 2.05) is 0 Å². The van der Waals surface area contributed by atoms with E-state index in [4.69, 9.17) is 4.74 Å². The zero-order chi connectivity index (χ0) is 14.4. The van der Waals surface area contributed by atoms with Crippen molar-refractivity contribution in [1.29, 1.82) is 0 Å². The third-order valence-corrected chi connectivity index (χ3v) is 2.57. The van der Waals surface area contributed by atoms with E-state index in [-0.39, 0.29) is 17.7 Å². The lowest BCUT2D eigenvalue weighted by atomic mass is 9.99. The first-order chi connectivity index (χ1) is 9.04. The molecule has 1 aromatic rings. The monoisotopic (exact) mass is 268 g/mol. The minimum Gasteiger partial charge on any atom is -0.497 e. The molecule has 0 heterocycles. The topological polar surface area (TPSA) is 93.1 Å². The van der Waals surface area contributed by atoms with Crippen molar-refractivity contribution in [2.24, 2.45) is 0 Å². The van der Waals surface area contributed by atoms with Crippen molar-refractivity contribution in [1.82, 2.24) is 0 Å². The molecule has 1 aromatic carbocycles. The summed E-state index contributed by atoms with van der Waals surface area (Å²) in [6, 6.07) is 4.34. The summed E-state index contributed by atoms with van der Waals surface area (Å²) in [5.41, 5.74) is 0.270. The van der Waals surface area contributed by atoms with E-state index < -0.39 is 18.2 Å². The van der Waals surface area contributed by atoms with E-state index in [1.165, 1.54) is 25.3 Å². The quantitative estimate of drug-likeness (QED) is 0.575. The van der Waals surface area contributed by atoms with Gasteiger partial charge in [-0.2, -0.15) is 0 Å². The summed E-state index contributed by atoms with van der Waals surface area (Å²) < 4.78 is 9.55. The Morgan fingerprint density at radius 1 is 1.42 bits per heavy atom. The molecule has 0 aromatic heterocycles. The van der Waals surface area contributed by atoms with E-state index in [0.29, 0.717) is 12.0 Å². The van der Waals surface area contributed by atoms with Crippen molar-refractivity contribution in [2.75, 3.05) is 13.7 Å². The highest BCUT2D eigenvalue weighted by Gasteiger charge is 2.28. The Balaban J connectivity index is 3.01. The van der Waals surface area contributed by atoms with Crippen LogP contribution in [0.5, 0.6) is 5.75 Å². The average molecular weight is 268 g/mol. The van der Waals surface area contributed by atoms with Gasteiger partial charge in [0.2, 0.25) is 0 Å². The van der Waals surface area contributed by atoms with Crippen LogP contribution in [0.1, 0.15) is 28.9 Å². The number of aliphatic hydroxyl groups is 2. The first-order valence-corrected chi connectivity index (χ1v) is 5.71. The lowest BCUT2D eigenvalue weighted by Gasteiger charge is -2.18. The van der Waals surface area contributed by atoms with Gasteiger partial charge in [-0.05, 0) is 24.6 Å². The Labute approximate surface area is 110 Å². The van der Waals surface area contributed by atoms with Crippen molar-refractivity contribution in [3.05, 3.63) is 29.3 Å². The highest BCUT2D eigenvalue weighted by Crippen LogP contribution is 2.24. The maximum Gasteiger partial charge on any atom is 0.338 e. The van der Waals surface area contributed by atoms with Crippen LogP contribution in [0.25, 0.3) is 0 Å². The van der Waals surface area contributed by atoms with Crippen LogP contribution in [0.3, 0.4) is 0 Å². The van der Waals surface area contributed by atoms with Gasteiger partial charge in [-0.25, -0.2) is 4.79 Å². The number of benzene rings is 1. The third kappa shape index (κ3) is 3.52. The normalized spacial score (nSPS) is 13.5. The summed E-state index contributed by atoms with van der Waals surface area (Å²) in [7, 11) is 1.44. The Kier molecular flexibility index (Phi) is 5.47. The molecule has 2 unspecified atom stereocenters. The first-order valence-electron chi connectivity index (χ1n) is 5.71. The number of aldehydes is 1. The standard InChI is InChI=1S/C13H16O6/c1-3-19-13(17)12(16)11(15)10-5-4-9(18-2)6-8(10)7-14/h4-7,11-12,15-16H,3H2,1-2H3. The predicted octanol–water partition coefficient (Wildman–Crippen LogP) is 0.465. The maximum atomic E-state index is 11.3. The predicted molar refractivity (Wildman–Crippen MR) is 66.0 cm³/mol. The zero-order valence-electron chi connectivity index (χ0n) is 10.7. The molecule has 2 N–H and O–H groups in total. The van der Waals surface area contributed by atoms with Gasteiger partial charge in [0.05, 0.1) is 13.7 Å². The molecule has 19 heavy (non-hydrogen) atoms. The van der Waals surface area contributed by atoms with Gasteiger partial charge >= 0.3 is 5.97 Å². The van der Waals surface area contributed by atoms with Crippen LogP contribution in [-0.2, 0) is 9.53 Å². The van der Waals surface area contributed by atoms with Gasteiger partial charge in [0, 0.05) is 5.56 Å². The molecule has 0 fully saturated rings. The Bertz CT molecular complexity index is 456. The van der Waals surface area contributed by atoms with Crippen LogP contribution >= 0.6 is 0 Å². The summed E-state index contributed by atoms with van der Waals surface area (Å²) >= 11 is 0. The van der Waals surface area contributed by atoms with Gasteiger partial charge in [0.25, 0.3) is 0 Å². The van der Waals surface area contributed by atoms with Crippen LogP contribution in [-0.4, -0.2) is 42.3 Å². The Morgan fingerprint density at radius 2 is 2.11 bits per heavy atom. The molecule has 0 amide bonds. The summed E-state index contributed by atoms with van der Waals surface area (Å²) in [6.07, 6.45) is -2.77. The molecular weight excluding hydrogens is 252 g/mol. The largest absolute Gasteiger partial charge is 0.497 e. The molecule has 0 saturated carbocycles. The van der Waals surface area contributed by atoms with Gasteiger partial charge in [0.1, 0.15) is 11.9 Å². The molecule has 0 saturated heterocycles. The summed E-state index contributed by atoms with van der Waals surface area (Å²) in [4.78, 5) is 22.3. The molecule has 6 heteroatoms. The molecule has 0 aliphatic heterocycles. The first kappa shape index (κ1) is 15.1. The SMILES string of the molecule is CCOC(=O)C(O)C(O)c1ccc(OC)cc1C=O. The van der Waals surface area contributed by atoms with E-state index in [0.717, 1.165) is 0 Å². The summed E-state index contributed by atoms with van der Waals surface area (Å²) in [5, 5.41) is 19.6. The minimum absolute atomic E-state index is 0.0891. The fraction of sp³-hybridized carbons (Fsp3) is 0.385. The second-order valence-electron chi connectivity index (χ2n) is 3.75. The van der Waals surface area contributed by atoms with Gasteiger partial charge < -0.3 is 19.7 Å². The van der Waals surface area contributed by atoms with Crippen molar-refractivity contribution in [3.63, 3.8) is 0 Å². The number of methoxy groups -OCH3 is 1. The highest BCUT2D eigenvalue weighted by molar-refractivity contribution is 5.80. The number of rotatable bonds is 6. The fourth-order valence-corrected chi connectivity index (χ4v) is 1.58. The lowest BCUT2D eigenvalue weighted by Crippen LogP contribution is -2.30. The fourth-order valence-electron chi connectivity index (χ4n) is 1.58. The maximum absolute atomic E-state index is 11.3. The second-order valence-corrected chi connectivity index (χ2v) is 3.75. The molecule has 0 aliphatic carbocycles. The molecule has 0 radical (unpaired) electrons.